The molecule has 2 rings (SSSR count). The number of rotatable bonds is 6. The summed E-state index contributed by atoms with van der Waals surface area (Å²) in [7, 11) is 0. The lowest BCUT2D eigenvalue weighted by atomic mass is 10.3. The van der Waals surface area contributed by atoms with Crippen LogP contribution in [0.25, 0.3) is 0 Å². The summed E-state index contributed by atoms with van der Waals surface area (Å²) in [5.41, 5.74) is 0. The first-order valence-corrected chi connectivity index (χ1v) is 7.62. The Morgan fingerprint density at radius 3 is 2.43 bits per heavy atom. The minimum Gasteiger partial charge on any atom is -0.459 e. The molecule has 1 aromatic rings. The molecule has 0 unspecified atom stereocenters. The minimum atomic E-state index is -0.116. The van der Waals surface area contributed by atoms with Crippen LogP contribution in [-0.4, -0.2) is 73.3 Å². The van der Waals surface area contributed by atoms with Crippen LogP contribution in [0.1, 0.15) is 17.5 Å². The summed E-state index contributed by atoms with van der Waals surface area (Å²) in [5.74, 6) is 0.0290. The average Bonchev–Trinajstić information content (AvgIpc) is 3.06. The Hall–Kier alpha value is -2.35. The predicted octanol–water partition coefficient (Wildman–Crippen LogP) is -0.710. The van der Waals surface area contributed by atoms with Gasteiger partial charge in [-0.2, -0.15) is 0 Å². The van der Waals surface area contributed by atoms with Crippen LogP contribution < -0.4 is 10.6 Å². The van der Waals surface area contributed by atoms with E-state index in [-0.39, 0.29) is 17.7 Å². The zero-order chi connectivity index (χ0) is 16.7. The van der Waals surface area contributed by atoms with E-state index >= 15 is 0 Å². The van der Waals surface area contributed by atoms with Crippen molar-refractivity contribution in [3.8, 4) is 0 Å². The molecule has 1 aliphatic rings. The van der Waals surface area contributed by atoms with E-state index in [2.05, 4.69) is 10.6 Å². The smallest absolute Gasteiger partial charge is 0.289 e. The molecule has 0 aromatic carbocycles. The Balaban J connectivity index is 1.65. The summed E-state index contributed by atoms with van der Waals surface area (Å²) in [4.78, 5) is 38.3. The molecule has 126 valence electrons. The van der Waals surface area contributed by atoms with Crippen LogP contribution >= 0.6 is 0 Å². The zero-order valence-electron chi connectivity index (χ0n) is 13.2. The third-order valence-corrected chi connectivity index (χ3v) is 3.58. The molecule has 8 nitrogen and oxygen atoms in total. The third-order valence-electron chi connectivity index (χ3n) is 3.58. The molecule has 23 heavy (non-hydrogen) atoms. The Bertz CT molecular complexity index is 536. The van der Waals surface area contributed by atoms with E-state index in [1.807, 2.05) is 4.90 Å². The van der Waals surface area contributed by atoms with E-state index < -0.39 is 0 Å². The summed E-state index contributed by atoms with van der Waals surface area (Å²) in [6, 6.07) is 3.34. The van der Waals surface area contributed by atoms with Crippen molar-refractivity contribution in [2.45, 2.75) is 6.92 Å². The highest BCUT2D eigenvalue weighted by Crippen LogP contribution is 2.09. The van der Waals surface area contributed by atoms with Crippen molar-refractivity contribution in [1.29, 1.82) is 0 Å². The molecule has 0 bridgehead atoms. The Morgan fingerprint density at radius 2 is 1.83 bits per heavy atom. The maximum absolute atomic E-state index is 12.1. The third kappa shape index (κ3) is 5.41. The van der Waals surface area contributed by atoms with Gasteiger partial charge in [-0.3, -0.25) is 19.3 Å². The highest BCUT2D eigenvalue weighted by Gasteiger charge is 2.24. The molecule has 0 saturated carbocycles. The number of hydrogen-bond acceptors (Lipinski definition) is 5. The molecular weight excluding hydrogens is 300 g/mol. The molecule has 2 heterocycles. The lowest BCUT2D eigenvalue weighted by molar-refractivity contribution is -0.123. The van der Waals surface area contributed by atoms with Gasteiger partial charge < -0.3 is 20.0 Å². The standard InChI is InChI=1S/C15H22N4O4/c1-12(20)16-4-5-17-14(21)11-18-6-8-19(9-7-18)15(22)13-3-2-10-23-13/h2-3,10H,4-9,11H2,1H3,(H,16,20)(H,17,21). The summed E-state index contributed by atoms with van der Waals surface area (Å²) >= 11 is 0. The van der Waals surface area contributed by atoms with Gasteiger partial charge in [0.1, 0.15) is 0 Å². The molecule has 1 fully saturated rings. The second-order valence-corrected chi connectivity index (χ2v) is 5.38. The minimum absolute atomic E-state index is 0.0823. The van der Waals surface area contributed by atoms with Crippen LogP contribution in [0.3, 0.4) is 0 Å². The second kappa shape index (κ2) is 8.33. The van der Waals surface area contributed by atoms with Crippen LogP contribution in [0, 0.1) is 0 Å². The SMILES string of the molecule is CC(=O)NCCNC(=O)CN1CCN(C(=O)c2ccco2)CC1. The Morgan fingerprint density at radius 1 is 1.13 bits per heavy atom. The van der Waals surface area contributed by atoms with Crippen LogP contribution in [-0.2, 0) is 9.59 Å². The van der Waals surface area contributed by atoms with E-state index in [1.54, 1.807) is 17.0 Å². The monoisotopic (exact) mass is 322 g/mol. The van der Waals surface area contributed by atoms with Crippen molar-refractivity contribution in [3.63, 3.8) is 0 Å². The number of nitrogens with zero attached hydrogens (tertiary/aromatic N) is 2. The maximum atomic E-state index is 12.1. The van der Waals surface area contributed by atoms with Gasteiger partial charge in [-0.1, -0.05) is 0 Å². The second-order valence-electron chi connectivity index (χ2n) is 5.38. The van der Waals surface area contributed by atoms with Crippen LogP contribution in [0.5, 0.6) is 0 Å². The van der Waals surface area contributed by atoms with Crippen molar-refractivity contribution < 1.29 is 18.8 Å². The molecule has 2 N–H and O–H groups in total. The summed E-state index contributed by atoms with van der Waals surface area (Å²) < 4.78 is 5.11. The summed E-state index contributed by atoms with van der Waals surface area (Å²) in [6.45, 7) is 4.99. The number of carbonyl (C=O) groups is 3. The first kappa shape index (κ1) is 17.0. The van der Waals surface area contributed by atoms with Crippen molar-refractivity contribution in [2.24, 2.45) is 0 Å². The number of amides is 3. The molecule has 0 atom stereocenters. The molecule has 8 heteroatoms. The predicted molar refractivity (Wildman–Crippen MR) is 82.7 cm³/mol. The van der Waals surface area contributed by atoms with Gasteiger partial charge in [-0.05, 0) is 12.1 Å². The van der Waals surface area contributed by atoms with Crippen LogP contribution in [0.4, 0.5) is 0 Å². The molecule has 0 aliphatic carbocycles. The number of hydrogen-bond donors (Lipinski definition) is 2. The normalized spacial score (nSPS) is 15.3. The fourth-order valence-electron chi connectivity index (χ4n) is 2.36. The van der Waals surface area contributed by atoms with Crippen molar-refractivity contribution in [3.05, 3.63) is 24.2 Å². The Kier molecular flexibility index (Phi) is 6.16. The molecule has 1 aliphatic heterocycles. The molecule has 1 aromatic heterocycles. The van der Waals surface area contributed by atoms with Gasteiger partial charge in [-0.25, -0.2) is 0 Å². The van der Waals surface area contributed by atoms with Gasteiger partial charge in [0.15, 0.2) is 5.76 Å². The van der Waals surface area contributed by atoms with Crippen LogP contribution in [0.15, 0.2) is 22.8 Å². The summed E-state index contributed by atoms with van der Waals surface area (Å²) in [5, 5.41) is 5.37. The Labute approximate surface area is 134 Å². The van der Waals surface area contributed by atoms with Crippen molar-refractivity contribution >= 4 is 17.7 Å². The number of nitrogens with one attached hydrogen (secondary N) is 2. The fraction of sp³-hybridized carbons (Fsp3) is 0.533. The first-order chi connectivity index (χ1) is 11.1. The highest BCUT2D eigenvalue weighted by atomic mass is 16.3. The zero-order valence-corrected chi connectivity index (χ0v) is 13.2. The maximum Gasteiger partial charge on any atom is 0.289 e. The molecule has 1 saturated heterocycles. The van der Waals surface area contributed by atoms with E-state index in [0.29, 0.717) is 51.6 Å². The lowest BCUT2D eigenvalue weighted by Gasteiger charge is -2.33. The number of carbonyl (C=O) groups excluding carboxylic acids is 3. The highest BCUT2D eigenvalue weighted by molar-refractivity contribution is 5.91. The van der Waals surface area contributed by atoms with E-state index in [9.17, 15) is 14.4 Å². The van der Waals surface area contributed by atoms with Crippen molar-refractivity contribution in [2.75, 3.05) is 45.8 Å². The summed E-state index contributed by atoms with van der Waals surface area (Å²) in [6.07, 6.45) is 1.48. The van der Waals surface area contributed by atoms with E-state index in [0.717, 1.165) is 0 Å². The molecule has 0 spiro atoms. The lowest BCUT2D eigenvalue weighted by Crippen LogP contribution is -2.51. The van der Waals surface area contributed by atoms with Gasteiger partial charge in [-0.15, -0.1) is 0 Å². The van der Waals surface area contributed by atoms with Gasteiger partial charge in [0.05, 0.1) is 12.8 Å². The number of piperazine rings is 1. The van der Waals surface area contributed by atoms with Gasteiger partial charge in [0.2, 0.25) is 11.8 Å². The fourth-order valence-corrected chi connectivity index (χ4v) is 2.36. The molecule has 0 radical (unpaired) electrons. The topological polar surface area (TPSA) is 94.9 Å². The van der Waals surface area contributed by atoms with E-state index in [4.69, 9.17) is 4.42 Å². The van der Waals surface area contributed by atoms with Gasteiger partial charge >= 0.3 is 0 Å². The quantitative estimate of drug-likeness (QED) is 0.675. The van der Waals surface area contributed by atoms with Crippen molar-refractivity contribution in [1.82, 2.24) is 20.4 Å². The average molecular weight is 322 g/mol. The first-order valence-electron chi connectivity index (χ1n) is 7.62. The number of furan rings is 1. The largest absolute Gasteiger partial charge is 0.459 e. The molecule has 3 amide bonds. The van der Waals surface area contributed by atoms with Gasteiger partial charge in [0.25, 0.3) is 5.91 Å². The van der Waals surface area contributed by atoms with E-state index in [1.165, 1.54) is 13.2 Å². The van der Waals surface area contributed by atoms with Crippen LogP contribution in [0.2, 0.25) is 0 Å². The molecular formula is C15H22N4O4. The van der Waals surface area contributed by atoms with Gasteiger partial charge in [0, 0.05) is 46.2 Å².